The van der Waals surface area contributed by atoms with Crippen LogP contribution in [0.25, 0.3) is 0 Å². The molecule has 0 radical (unpaired) electrons. The minimum Gasteiger partial charge on any atom is -0.468 e. The molecule has 0 spiro atoms. The van der Waals surface area contributed by atoms with Gasteiger partial charge < -0.3 is 10.5 Å². The van der Waals surface area contributed by atoms with E-state index in [9.17, 15) is 4.79 Å². The second-order valence-corrected chi connectivity index (χ2v) is 4.49. The Morgan fingerprint density at radius 2 is 2.41 bits per heavy atom. The molecule has 0 saturated carbocycles. The molecule has 1 atom stereocenters. The number of methoxy groups -OCH3 is 1. The molecule has 17 heavy (non-hydrogen) atoms. The van der Waals surface area contributed by atoms with Crippen molar-refractivity contribution in [3.63, 3.8) is 0 Å². The third kappa shape index (κ3) is 4.47. The second kappa shape index (κ2) is 6.94. The van der Waals surface area contributed by atoms with Crippen LogP contribution in [0.2, 0.25) is 0 Å². The highest BCUT2D eigenvalue weighted by Crippen LogP contribution is 2.14. The minimum atomic E-state index is -0.593. The van der Waals surface area contributed by atoms with Gasteiger partial charge in [0.05, 0.1) is 18.7 Å². The second-order valence-electron chi connectivity index (χ2n) is 3.46. The van der Waals surface area contributed by atoms with Gasteiger partial charge in [-0.15, -0.1) is 0 Å². The first-order valence-electron chi connectivity index (χ1n) is 5.07. The van der Waals surface area contributed by atoms with Crippen LogP contribution in [0.5, 0.6) is 0 Å². The zero-order chi connectivity index (χ0) is 12.7. The molecule has 1 rings (SSSR count). The van der Waals surface area contributed by atoms with Gasteiger partial charge in [0, 0.05) is 11.5 Å². The van der Waals surface area contributed by atoms with Gasteiger partial charge in [-0.1, -0.05) is 12.1 Å². The van der Waals surface area contributed by atoms with E-state index < -0.39 is 12.0 Å². The molecule has 2 N–H and O–H groups in total. The lowest BCUT2D eigenvalue weighted by atomic mass is 10.2. The number of ether oxygens (including phenoxy) is 1. The Balaban J connectivity index is 2.41. The third-order valence-electron chi connectivity index (χ3n) is 2.13. The lowest BCUT2D eigenvalue weighted by Crippen LogP contribution is -2.33. The van der Waals surface area contributed by atoms with Crippen LogP contribution in [-0.2, 0) is 15.3 Å². The van der Waals surface area contributed by atoms with Crippen LogP contribution >= 0.6 is 11.8 Å². The van der Waals surface area contributed by atoms with Gasteiger partial charge in [0.25, 0.3) is 0 Å². The molecule has 5 heteroatoms. The van der Waals surface area contributed by atoms with Crippen LogP contribution in [0, 0.1) is 11.3 Å². The van der Waals surface area contributed by atoms with Crippen molar-refractivity contribution in [2.24, 2.45) is 5.73 Å². The summed E-state index contributed by atoms with van der Waals surface area (Å²) in [5.41, 5.74) is 7.29. The molecule has 0 aliphatic rings. The van der Waals surface area contributed by atoms with E-state index >= 15 is 0 Å². The Labute approximate surface area is 105 Å². The molecule has 1 unspecified atom stereocenters. The third-order valence-corrected chi connectivity index (χ3v) is 3.26. The van der Waals surface area contributed by atoms with Gasteiger partial charge in [-0.25, -0.2) is 0 Å². The summed E-state index contributed by atoms with van der Waals surface area (Å²) in [6.07, 6.45) is 0. The zero-order valence-corrected chi connectivity index (χ0v) is 10.4. The van der Waals surface area contributed by atoms with Crippen LogP contribution in [0.1, 0.15) is 11.1 Å². The van der Waals surface area contributed by atoms with Gasteiger partial charge in [-0.2, -0.15) is 17.0 Å². The predicted molar refractivity (Wildman–Crippen MR) is 67.3 cm³/mol. The van der Waals surface area contributed by atoms with Gasteiger partial charge in [0.2, 0.25) is 0 Å². The fraction of sp³-hybridized carbons (Fsp3) is 0.333. The number of hydrogen-bond acceptors (Lipinski definition) is 5. The molecular formula is C12H14N2O2S. The normalized spacial score (nSPS) is 11.6. The average molecular weight is 250 g/mol. The van der Waals surface area contributed by atoms with E-state index in [4.69, 9.17) is 11.0 Å². The monoisotopic (exact) mass is 250 g/mol. The molecule has 0 fully saturated rings. The summed E-state index contributed by atoms with van der Waals surface area (Å²) >= 11 is 1.54. The number of hydrogen-bond donors (Lipinski definition) is 1. The van der Waals surface area contributed by atoms with Crippen LogP contribution in [0.15, 0.2) is 24.3 Å². The lowest BCUT2D eigenvalue weighted by Gasteiger charge is -2.08. The molecule has 0 bridgehead atoms. The van der Waals surface area contributed by atoms with Gasteiger partial charge in [-0.3, -0.25) is 4.79 Å². The number of carbonyl (C=O) groups is 1. The van der Waals surface area contributed by atoms with Crippen molar-refractivity contribution in [3.8, 4) is 6.07 Å². The van der Waals surface area contributed by atoms with Crippen molar-refractivity contribution in [1.82, 2.24) is 0 Å². The Hall–Kier alpha value is -1.51. The molecule has 90 valence electrons. The highest BCUT2D eigenvalue weighted by Gasteiger charge is 2.13. The average Bonchev–Trinajstić information content (AvgIpc) is 2.37. The highest BCUT2D eigenvalue weighted by atomic mass is 32.2. The summed E-state index contributed by atoms with van der Waals surface area (Å²) in [7, 11) is 1.32. The Bertz CT molecular complexity index is 429. The van der Waals surface area contributed by atoms with E-state index in [-0.39, 0.29) is 0 Å². The van der Waals surface area contributed by atoms with Crippen LogP contribution in [-0.4, -0.2) is 24.9 Å². The first-order valence-corrected chi connectivity index (χ1v) is 6.23. The van der Waals surface area contributed by atoms with E-state index in [0.29, 0.717) is 11.3 Å². The van der Waals surface area contributed by atoms with E-state index in [0.717, 1.165) is 11.3 Å². The summed E-state index contributed by atoms with van der Waals surface area (Å²) in [5.74, 6) is 0.826. The summed E-state index contributed by atoms with van der Waals surface area (Å²) < 4.78 is 4.53. The molecule has 0 aliphatic heterocycles. The van der Waals surface area contributed by atoms with Crippen molar-refractivity contribution in [2.45, 2.75) is 11.8 Å². The molecule has 1 aromatic carbocycles. The maximum Gasteiger partial charge on any atom is 0.323 e. The van der Waals surface area contributed by atoms with Crippen molar-refractivity contribution in [1.29, 1.82) is 5.26 Å². The quantitative estimate of drug-likeness (QED) is 0.797. The summed E-state index contributed by atoms with van der Waals surface area (Å²) in [4.78, 5) is 11.1. The topological polar surface area (TPSA) is 76.1 Å². The molecule has 1 aromatic rings. The van der Waals surface area contributed by atoms with Crippen LogP contribution < -0.4 is 5.73 Å². The number of thioether (sulfide) groups is 1. The molecule has 0 heterocycles. The Kier molecular flexibility index (Phi) is 5.53. The van der Waals surface area contributed by atoms with Gasteiger partial charge in [-0.05, 0) is 17.7 Å². The van der Waals surface area contributed by atoms with Crippen molar-refractivity contribution in [3.05, 3.63) is 35.4 Å². The largest absolute Gasteiger partial charge is 0.468 e. The predicted octanol–water partition coefficient (Wildman–Crippen LogP) is 1.29. The first kappa shape index (κ1) is 13.6. The van der Waals surface area contributed by atoms with Crippen LogP contribution in [0.3, 0.4) is 0 Å². The number of rotatable bonds is 5. The summed E-state index contributed by atoms with van der Waals surface area (Å²) in [6.45, 7) is 0. The molecule has 4 nitrogen and oxygen atoms in total. The number of carbonyl (C=O) groups excluding carboxylic acids is 1. The molecule has 0 saturated heterocycles. The fourth-order valence-corrected chi connectivity index (χ4v) is 2.18. The first-order chi connectivity index (χ1) is 8.17. The lowest BCUT2D eigenvalue weighted by molar-refractivity contribution is -0.141. The molecule has 0 amide bonds. The molecule has 0 aliphatic carbocycles. The van der Waals surface area contributed by atoms with Crippen molar-refractivity contribution < 1.29 is 9.53 Å². The summed E-state index contributed by atoms with van der Waals surface area (Å²) in [6, 6.07) is 8.86. The highest BCUT2D eigenvalue weighted by molar-refractivity contribution is 7.98. The number of esters is 1. The maximum absolute atomic E-state index is 11.1. The Morgan fingerprint density at radius 1 is 1.65 bits per heavy atom. The van der Waals surface area contributed by atoms with Gasteiger partial charge >= 0.3 is 5.97 Å². The Morgan fingerprint density at radius 3 is 3.06 bits per heavy atom. The molecule has 0 aromatic heterocycles. The van der Waals surface area contributed by atoms with Crippen molar-refractivity contribution >= 4 is 17.7 Å². The SMILES string of the molecule is COC(=O)C(N)CSCc1cccc(C#N)c1. The number of nitrogens with zero attached hydrogens (tertiary/aromatic N) is 1. The zero-order valence-electron chi connectivity index (χ0n) is 9.55. The summed E-state index contributed by atoms with van der Waals surface area (Å²) in [5, 5.41) is 8.74. The number of nitrogens with two attached hydrogens (primary N) is 1. The maximum atomic E-state index is 11.1. The van der Waals surface area contributed by atoms with Gasteiger partial charge in [0.1, 0.15) is 6.04 Å². The van der Waals surface area contributed by atoms with Gasteiger partial charge in [0.15, 0.2) is 0 Å². The number of benzene rings is 1. The smallest absolute Gasteiger partial charge is 0.323 e. The van der Waals surface area contributed by atoms with E-state index in [1.165, 1.54) is 7.11 Å². The number of nitriles is 1. The van der Waals surface area contributed by atoms with E-state index in [1.54, 1.807) is 17.8 Å². The fourth-order valence-electron chi connectivity index (χ4n) is 1.25. The van der Waals surface area contributed by atoms with E-state index in [2.05, 4.69) is 10.8 Å². The standard InChI is InChI=1S/C12H14N2O2S/c1-16-12(15)11(14)8-17-7-10-4-2-3-9(5-10)6-13/h2-5,11H,7-8,14H2,1H3. The van der Waals surface area contributed by atoms with Crippen molar-refractivity contribution in [2.75, 3.05) is 12.9 Å². The molecular weight excluding hydrogens is 236 g/mol. The van der Waals surface area contributed by atoms with E-state index in [1.807, 2.05) is 18.2 Å². The minimum absolute atomic E-state index is 0.400. The van der Waals surface area contributed by atoms with Crippen LogP contribution in [0.4, 0.5) is 0 Å².